The van der Waals surface area contributed by atoms with Gasteiger partial charge in [-0.3, -0.25) is 4.79 Å². The van der Waals surface area contributed by atoms with E-state index in [2.05, 4.69) is 6.58 Å². The van der Waals surface area contributed by atoms with Gasteiger partial charge in [-0.2, -0.15) is 0 Å². The van der Waals surface area contributed by atoms with Crippen molar-refractivity contribution in [2.24, 2.45) is 0 Å². The molecule has 0 aromatic carbocycles. The first-order valence-electron chi connectivity index (χ1n) is 5.06. The number of aliphatic hydroxyl groups is 5. The lowest BCUT2D eigenvalue weighted by Gasteiger charge is -2.24. The Labute approximate surface area is 104 Å². The molecule has 0 fully saturated rings. The second kappa shape index (κ2) is 8.62. The fraction of sp³-hybridized carbons (Fsp3) is 0.700. The predicted molar refractivity (Wildman–Crippen MR) is 63.4 cm³/mol. The van der Waals surface area contributed by atoms with Crippen LogP contribution in [0.15, 0.2) is 12.7 Å². The molecule has 4 atom stereocenters. The summed E-state index contributed by atoms with van der Waals surface area (Å²) in [7, 11) is 0. The molecule has 17 heavy (non-hydrogen) atoms. The van der Waals surface area contributed by atoms with E-state index in [0.29, 0.717) is 12.2 Å². The van der Waals surface area contributed by atoms with E-state index in [4.69, 9.17) is 10.2 Å². The van der Waals surface area contributed by atoms with Gasteiger partial charge in [0.2, 0.25) is 5.12 Å². The van der Waals surface area contributed by atoms with Crippen LogP contribution in [-0.4, -0.2) is 67.4 Å². The highest BCUT2D eigenvalue weighted by molar-refractivity contribution is 8.13. The van der Waals surface area contributed by atoms with Crippen molar-refractivity contribution in [2.75, 3.05) is 12.4 Å². The number of carbonyl (C=O) groups is 1. The van der Waals surface area contributed by atoms with E-state index in [9.17, 15) is 20.1 Å². The topological polar surface area (TPSA) is 118 Å². The van der Waals surface area contributed by atoms with Gasteiger partial charge in [0.1, 0.15) is 18.3 Å². The maximum Gasteiger partial charge on any atom is 0.220 e. The summed E-state index contributed by atoms with van der Waals surface area (Å²) >= 11 is 0.799. The van der Waals surface area contributed by atoms with Crippen LogP contribution in [0.5, 0.6) is 0 Å². The smallest absolute Gasteiger partial charge is 0.220 e. The molecule has 0 amide bonds. The molecule has 0 spiro atoms. The molecule has 6 nitrogen and oxygen atoms in total. The van der Waals surface area contributed by atoms with Crippen LogP contribution in [0.3, 0.4) is 0 Å². The summed E-state index contributed by atoms with van der Waals surface area (Å²) in [6.45, 7) is 2.69. The lowest BCUT2D eigenvalue weighted by molar-refractivity contribution is -0.139. The van der Waals surface area contributed by atoms with Gasteiger partial charge in [-0.05, 0) is 6.42 Å². The molecule has 0 saturated heterocycles. The fourth-order valence-electron chi connectivity index (χ4n) is 0.990. The van der Waals surface area contributed by atoms with Gasteiger partial charge in [-0.25, -0.2) is 0 Å². The predicted octanol–water partition coefficient (Wildman–Crippen LogP) is -1.74. The standard InChI is InChI=1S/C10H18O6S/c1-2-3-4-17-10(16)9(15)8(14)7(13)6(12)5-11/h2,6-9,11-15H,1,3-5H2/t6-,7-,8+,9-/m1/s1. The molecule has 0 aromatic heterocycles. The third-order valence-electron chi connectivity index (χ3n) is 2.06. The summed E-state index contributed by atoms with van der Waals surface area (Å²) < 4.78 is 0. The van der Waals surface area contributed by atoms with Crippen molar-refractivity contribution >= 4 is 16.9 Å². The van der Waals surface area contributed by atoms with E-state index in [1.54, 1.807) is 6.08 Å². The third kappa shape index (κ3) is 5.62. The molecule has 0 bridgehead atoms. The first-order chi connectivity index (χ1) is 7.95. The summed E-state index contributed by atoms with van der Waals surface area (Å²) in [6.07, 6.45) is -4.85. The highest BCUT2D eigenvalue weighted by Crippen LogP contribution is 2.13. The number of rotatable bonds is 8. The molecule has 0 aliphatic rings. The second-order valence-corrected chi connectivity index (χ2v) is 4.52. The number of hydrogen-bond donors (Lipinski definition) is 5. The maximum absolute atomic E-state index is 11.3. The molecule has 0 unspecified atom stereocenters. The van der Waals surface area contributed by atoms with E-state index in [-0.39, 0.29) is 0 Å². The Bertz CT molecular complexity index is 247. The van der Waals surface area contributed by atoms with Crippen molar-refractivity contribution in [3.63, 3.8) is 0 Å². The molecule has 0 saturated carbocycles. The molecule has 7 heteroatoms. The summed E-state index contributed by atoms with van der Waals surface area (Å²) in [5.74, 6) is 0.408. The Morgan fingerprint density at radius 3 is 2.29 bits per heavy atom. The van der Waals surface area contributed by atoms with Crippen LogP contribution < -0.4 is 0 Å². The minimum absolute atomic E-state index is 0.408. The average Bonchev–Trinajstić information content (AvgIpc) is 2.35. The van der Waals surface area contributed by atoms with Crippen LogP contribution in [0.1, 0.15) is 6.42 Å². The van der Waals surface area contributed by atoms with Gasteiger partial charge >= 0.3 is 0 Å². The van der Waals surface area contributed by atoms with Gasteiger partial charge in [0.25, 0.3) is 0 Å². The Balaban J connectivity index is 4.22. The first kappa shape index (κ1) is 16.6. The second-order valence-electron chi connectivity index (χ2n) is 3.42. The van der Waals surface area contributed by atoms with Crippen molar-refractivity contribution in [3.05, 3.63) is 12.7 Å². The zero-order valence-electron chi connectivity index (χ0n) is 9.27. The van der Waals surface area contributed by atoms with Gasteiger partial charge in [0, 0.05) is 5.75 Å². The molecular formula is C10H18O6S. The fourth-order valence-corrected chi connectivity index (χ4v) is 1.79. The summed E-state index contributed by atoms with van der Waals surface area (Å²) in [4.78, 5) is 11.3. The normalized spacial score (nSPS) is 18.2. The molecule has 0 radical (unpaired) electrons. The summed E-state index contributed by atoms with van der Waals surface area (Å²) in [5.41, 5.74) is 0. The van der Waals surface area contributed by atoms with Crippen molar-refractivity contribution in [1.29, 1.82) is 0 Å². The van der Waals surface area contributed by atoms with Crippen molar-refractivity contribution in [1.82, 2.24) is 0 Å². The Morgan fingerprint density at radius 1 is 1.24 bits per heavy atom. The third-order valence-corrected chi connectivity index (χ3v) is 3.03. The van der Waals surface area contributed by atoms with E-state index in [1.165, 1.54) is 0 Å². The van der Waals surface area contributed by atoms with Crippen LogP contribution in [0.4, 0.5) is 0 Å². The molecular weight excluding hydrogens is 248 g/mol. The summed E-state index contributed by atoms with van der Waals surface area (Å²) in [5, 5.41) is 44.9. The number of aliphatic hydroxyl groups excluding tert-OH is 5. The number of allylic oxidation sites excluding steroid dienone is 1. The number of hydrogen-bond acceptors (Lipinski definition) is 7. The molecule has 0 aliphatic carbocycles. The Hall–Kier alpha value is -0.440. The highest BCUT2D eigenvalue weighted by Gasteiger charge is 2.33. The molecule has 100 valence electrons. The zero-order valence-corrected chi connectivity index (χ0v) is 10.1. The lowest BCUT2D eigenvalue weighted by atomic mass is 10.0. The SMILES string of the molecule is C=CCCSC(=O)[C@H](O)[C@@H](O)[C@H](O)[C@H](O)CO. The van der Waals surface area contributed by atoms with Gasteiger partial charge < -0.3 is 25.5 Å². The van der Waals surface area contributed by atoms with Crippen LogP contribution in [0.2, 0.25) is 0 Å². The molecule has 0 aliphatic heterocycles. The maximum atomic E-state index is 11.3. The quantitative estimate of drug-likeness (QED) is 0.261. The van der Waals surface area contributed by atoms with Crippen molar-refractivity contribution in [3.8, 4) is 0 Å². The van der Waals surface area contributed by atoms with Crippen LogP contribution in [-0.2, 0) is 4.79 Å². The highest BCUT2D eigenvalue weighted by atomic mass is 32.2. The van der Waals surface area contributed by atoms with E-state index >= 15 is 0 Å². The van der Waals surface area contributed by atoms with Crippen LogP contribution in [0, 0.1) is 0 Å². The number of thioether (sulfide) groups is 1. The minimum atomic E-state index is -1.83. The zero-order chi connectivity index (χ0) is 13.4. The van der Waals surface area contributed by atoms with Crippen molar-refractivity contribution in [2.45, 2.75) is 30.8 Å². The van der Waals surface area contributed by atoms with Gasteiger partial charge in [0.05, 0.1) is 6.61 Å². The molecule has 0 aromatic rings. The lowest BCUT2D eigenvalue weighted by Crippen LogP contribution is -2.48. The van der Waals surface area contributed by atoms with Crippen LogP contribution >= 0.6 is 11.8 Å². The van der Waals surface area contributed by atoms with E-state index in [1.807, 2.05) is 0 Å². The Kier molecular flexibility index (Phi) is 8.40. The van der Waals surface area contributed by atoms with Gasteiger partial charge in [-0.15, -0.1) is 6.58 Å². The molecule has 0 rings (SSSR count). The van der Waals surface area contributed by atoms with E-state index in [0.717, 1.165) is 11.8 Å². The van der Waals surface area contributed by atoms with Gasteiger partial charge in [-0.1, -0.05) is 17.8 Å². The number of carbonyl (C=O) groups excluding carboxylic acids is 1. The summed E-state index contributed by atoms with van der Waals surface area (Å²) in [6, 6.07) is 0. The Morgan fingerprint density at radius 2 is 1.82 bits per heavy atom. The van der Waals surface area contributed by atoms with E-state index < -0.39 is 36.1 Å². The monoisotopic (exact) mass is 266 g/mol. The molecule has 0 heterocycles. The largest absolute Gasteiger partial charge is 0.394 e. The van der Waals surface area contributed by atoms with Gasteiger partial charge in [0.15, 0.2) is 6.10 Å². The minimum Gasteiger partial charge on any atom is -0.394 e. The molecule has 5 N–H and O–H groups in total. The average molecular weight is 266 g/mol. The van der Waals surface area contributed by atoms with Crippen molar-refractivity contribution < 1.29 is 30.3 Å². The first-order valence-corrected chi connectivity index (χ1v) is 6.04. The van der Waals surface area contributed by atoms with Crippen LogP contribution in [0.25, 0.3) is 0 Å².